The molecule has 4 rings (SSSR count). The number of benzene rings is 2. The fraction of sp³-hybridized carbons (Fsp3) is 0.200. The summed E-state index contributed by atoms with van der Waals surface area (Å²) in [6.45, 7) is 0.966. The van der Waals surface area contributed by atoms with E-state index in [1.807, 2.05) is 24.3 Å². The Hall–Kier alpha value is -2.99. The minimum absolute atomic E-state index is 0.235. The lowest BCUT2D eigenvalue weighted by molar-refractivity contribution is 0.165. The predicted molar refractivity (Wildman–Crippen MR) is 102 cm³/mol. The summed E-state index contributed by atoms with van der Waals surface area (Å²) in [6.07, 6.45) is 0.408. The molecule has 138 valence electrons. The van der Waals surface area contributed by atoms with Crippen LogP contribution in [0.2, 0.25) is 5.02 Å². The molecule has 0 saturated carbocycles. The van der Waals surface area contributed by atoms with Crippen molar-refractivity contribution in [3.05, 3.63) is 69.0 Å². The normalized spacial score (nSPS) is 12.7. The van der Waals surface area contributed by atoms with Gasteiger partial charge >= 0.3 is 0 Å². The Morgan fingerprint density at radius 2 is 1.93 bits per heavy atom. The lowest BCUT2D eigenvalue weighted by Gasteiger charge is -2.21. The van der Waals surface area contributed by atoms with Gasteiger partial charge in [0.2, 0.25) is 5.75 Å². The van der Waals surface area contributed by atoms with Crippen molar-refractivity contribution in [2.45, 2.75) is 6.42 Å². The number of H-pyrrole nitrogens is 1. The van der Waals surface area contributed by atoms with E-state index in [0.717, 1.165) is 11.1 Å². The number of nitrogens with one attached hydrogen (secondary N) is 1. The Morgan fingerprint density at radius 1 is 1.15 bits per heavy atom. The second-order valence-corrected chi connectivity index (χ2v) is 6.55. The van der Waals surface area contributed by atoms with Crippen molar-refractivity contribution in [3.63, 3.8) is 0 Å². The molecule has 0 amide bonds. The largest absolute Gasteiger partial charge is 0.493 e. The first-order chi connectivity index (χ1) is 13.1. The van der Waals surface area contributed by atoms with Crippen LogP contribution in [0, 0.1) is 0 Å². The molecule has 0 radical (unpaired) electrons. The van der Waals surface area contributed by atoms with Crippen molar-refractivity contribution < 1.29 is 14.2 Å². The number of hydrogen-bond acceptors (Lipinski definition) is 5. The number of hydrogen-bond donors (Lipinski definition) is 1. The molecule has 0 spiro atoms. The van der Waals surface area contributed by atoms with Crippen molar-refractivity contribution >= 4 is 11.6 Å². The first kappa shape index (κ1) is 17.4. The Morgan fingerprint density at radius 3 is 2.70 bits per heavy atom. The van der Waals surface area contributed by atoms with E-state index in [1.54, 1.807) is 25.3 Å². The molecule has 0 fully saturated rings. The molecule has 0 saturated heterocycles. The molecule has 6 nitrogen and oxygen atoms in total. The summed E-state index contributed by atoms with van der Waals surface area (Å²) in [5, 5.41) is 7.35. The van der Waals surface area contributed by atoms with Crippen LogP contribution in [-0.2, 0) is 6.42 Å². The first-order valence-electron chi connectivity index (χ1n) is 8.45. The maximum absolute atomic E-state index is 12.3. The van der Waals surface area contributed by atoms with Crippen LogP contribution in [-0.4, -0.2) is 30.5 Å². The van der Waals surface area contributed by atoms with Crippen LogP contribution in [0.25, 0.3) is 11.3 Å². The van der Waals surface area contributed by atoms with Gasteiger partial charge in [-0.15, -0.1) is 0 Å². The van der Waals surface area contributed by atoms with E-state index in [4.69, 9.17) is 25.8 Å². The summed E-state index contributed by atoms with van der Waals surface area (Å²) in [5.41, 5.74) is 2.78. The summed E-state index contributed by atoms with van der Waals surface area (Å²) in [6, 6.07) is 12.8. The zero-order valence-electron chi connectivity index (χ0n) is 14.6. The third-order valence-corrected chi connectivity index (χ3v) is 4.55. The van der Waals surface area contributed by atoms with Gasteiger partial charge in [-0.2, -0.15) is 5.10 Å². The lowest BCUT2D eigenvalue weighted by atomic mass is 10.0. The standard InChI is InChI=1S/C20H17ClN2O4/c1-25-17-9-12(10-18-19(17)27-7-6-26-18)8-14-11-16(22-23-20(14)24)13-2-4-15(21)5-3-13/h2-5,9-11H,6-8H2,1H3,(H,23,24). The van der Waals surface area contributed by atoms with Gasteiger partial charge in [-0.25, -0.2) is 5.10 Å². The van der Waals surface area contributed by atoms with E-state index in [-0.39, 0.29) is 5.56 Å². The van der Waals surface area contributed by atoms with E-state index in [2.05, 4.69) is 10.2 Å². The number of aromatic nitrogens is 2. The molecular formula is C20H17ClN2O4. The number of methoxy groups -OCH3 is 1. The third-order valence-electron chi connectivity index (χ3n) is 4.30. The number of nitrogens with zero attached hydrogens (tertiary/aromatic N) is 1. The zero-order chi connectivity index (χ0) is 18.8. The summed E-state index contributed by atoms with van der Waals surface area (Å²) in [5.74, 6) is 1.81. The van der Waals surface area contributed by atoms with Crippen LogP contribution in [0.1, 0.15) is 11.1 Å². The molecule has 1 aliphatic heterocycles. The molecular weight excluding hydrogens is 368 g/mol. The van der Waals surface area contributed by atoms with Gasteiger partial charge in [-0.1, -0.05) is 23.7 Å². The van der Waals surface area contributed by atoms with Crippen LogP contribution in [0.15, 0.2) is 47.3 Å². The highest BCUT2D eigenvalue weighted by Gasteiger charge is 2.19. The van der Waals surface area contributed by atoms with Crippen molar-refractivity contribution in [2.75, 3.05) is 20.3 Å². The van der Waals surface area contributed by atoms with Crippen LogP contribution >= 0.6 is 11.6 Å². The van der Waals surface area contributed by atoms with Crippen LogP contribution in [0.4, 0.5) is 0 Å². The van der Waals surface area contributed by atoms with Crippen molar-refractivity contribution in [1.29, 1.82) is 0 Å². The van der Waals surface area contributed by atoms with Crippen molar-refractivity contribution in [1.82, 2.24) is 10.2 Å². The van der Waals surface area contributed by atoms with Crippen molar-refractivity contribution in [2.24, 2.45) is 0 Å². The highest BCUT2D eigenvalue weighted by atomic mass is 35.5. The number of aromatic amines is 1. The summed E-state index contributed by atoms with van der Waals surface area (Å²) in [7, 11) is 1.58. The predicted octanol–water partition coefficient (Wildman–Crippen LogP) is 3.46. The van der Waals surface area contributed by atoms with E-state index >= 15 is 0 Å². The molecule has 1 N–H and O–H groups in total. The van der Waals surface area contributed by atoms with E-state index in [9.17, 15) is 4.79 Å². The number of halogens is 1. The monoisotopic (exact) mass is 384 g/mol. The second-order valence-electron chi connectivity index (χ2n) is 6.11. The molecule has 1 aromatic heterocycles. The third kappa shape index (κ3) is 3.61. The smallest absolute Gasteiger partial charge is 0.267 e. The summed E-state index contributed by atoms with van der Waals surface area (Å²) in [4.78, 5) is 12.3. The SMILES string of the molecule is COc1cc(Cc2cc(-c3ccc(Cl)cc3)n[nH]c2=O)cc2c1OCCO2. The number of fused-ring (bicyclic) bond motifs is 1. The van der Waals surface area contributed by atoms with Gasteiger partial charge < -0.3 is 14.2 Å². The van der Waals surface area contributed by atoms with E-state index in [0.29, 0.717) is 53.2 Å². The van der Waals surface area contributed by atoms with Crippen LogP contribution in [0.5, 0.6) is 17.2 Å². The highest BCUT2D eigenvalue weighted by Crippen LogP contribution is 2.40. The van der Waals surface area contributed by atoms with Gasteiger partial charge in [0.15, 0.2) is 11.5 Å². The summed E-state index contributed by atoms with van der Waals surface area (Å²) < 4.78 is 16.7. The summed E-state index contributed by atoms with van der Waals surface area (Å²) >= 11 is 5.94. The molecule has 2 aromatic carbocycles. The Kier molecular flexibility index (Phi) is 4.73. The van der Waals surface area contributed by atoms with Crippen LogP contribution in [0.3, 0.4) is 0 Å². The maximum Gasteiger partial charge on any atom is 0.267 e. The molecule has 0 aliphatic carbocycles. The van der Waals surface area contributed by atoms with Gasteiger partial charge in [0.1, 0.15) is 13.2 Å². The maximum atomic E-state index is 12.3. The molecule has 0 atom stereocenters. The fourth-order valence-electron chi connectivity index (χ4n) is 2.99. The minimum Gasteiger partial charge on any atom is -0.493 e. The Bertz CT molecular complexity index is 1010. The molecule has 7 heteroatoms. The molecule has 0 bridgehead atoms. The van der Waals surface area contributed by atoms with Gasteiger partial charge in [0.05, 0.1) is 12.8 Å². The number of ether oxygens (including phenoxy) is 3. The minimum atomic E-state index is -0.235. The van der Waals surface area contributed by atoms with Gasteiger partial charge in [0.25, 0.3) is 5.56 Å². The zero-order valence-corrected chi connectivity index (χ0v) is 15.4. The van der Waals surface area contributed by atoms with E-state index < -0.39 is 0 Å². The quantitative estimate of drug-likeness (QED) is 0.745. The Balaban J connectivity index is 1.69. The average molecular weight is 385 g/mol. The molecule has 2 heterocycles. The molecule has 3 aromatic rings. The second kappa shape index (κ2) is 7.32. The Labute approximate surface area is 160 Å². The van der Waals surface area contributed by atoms with Crippen molar-refractivity contribution in [3.8, 4) is 28.5 Å². The van der Waals surface area contributed by atoms with Gasteiger partial charge in [-0.05, 0) is 35.9 Å². The highest BCUT2D eigenvalue weighted by molar-refractivity contribution is 6.30. The topological polar surface area (TPSA) is 73.4 Å². The fourth-order valence-corrected chi connectivity index (χ4v) is 3.12. The van der Waals surface area contributed by atoms with Crippen LogP contribution < -0.4 is 19.8 Å². The van der Waals surface area contributed by atoms with Gasteiger partial charge in [-0.3, -0.25) is 4.79 Å². The lowest BCUT2D eigenvalue weighted by Crippen LogP contribution is -2.17. The molecule has 0 unspecified atom stereocenters. The number of rotatable bonds is 4. The molecule has 27 heavy (non-hydrogen) atoms. The molecule has 1 aliphatic rings. The van der Waals surface area contributed by atoms with E-state index in [1.165, 1.54) is 0 Å². The average Bonchev–Trinajstić information content (AvgIpc) is 2.69. The van der Waals surface area contributed by atoms with Gasteiger partial charge in [0, 0.05) is 22.6 Å². The first-order valence-corrected chi connectivity index (χ1v) is 8.83.